The first-order valence-corrected chi connectivity index (χ1v) is 6.84. The van der Waals surface area contributed by atoms with Crippen molar-refractivity contribution >= 4 is 17.3 Å². The Bertz CT molecular complexity index is 498. The van der Waals surface area contributed by atoms with Gasteiger partial charge in [0.2, 0.25) is 0 Å². The molecule has 1 amide bonds. The zero-order valence-electron chi connectivity index (χ0n) is 13.5. The van der Waals surface area contributed by atoms with Crippen molar-refractivity contribution in [2.24, 2.45) is 0 Å². The molecule has 1 aromatic carbocycles. The molecule has 0 aliphatic rings. The number of nitrogens with zero attached hydrogens (tertiary/aromatic N) is 2. The molecule has 0 aliphatic carbocycles. The summed E-state index contributed by atoms with van der Waals surface area (Å²) in [6, 6.07) is 5.10. The molecule has 1 unspecified atom stereocenters. The molecule has 0 bridgehead atoms. The van der Waals surface area contributed by atoms with Crippen LogP contribution < -0.4 is 11.1 Å². The van der Waals surface area contributed by atoms with Crippen molar-refractivity contribution < 1.29 is 9.90 Å². The minimum absolute atomic E-state index is 0.0851. The predicted molar refractivity (Wildman–Crippen MR) is 86.5 cm³/mol. The second-order valence-corrected chi connectivity index (χ2v) is 6.09. The lowest BCUT2D eigenvalue weighted by Crippen LogP contribution is -2.43. The van der Waals surface area contributed by atoms with E-state index < -0.39 is 5.60 Å². The average Bonchev–Trinajstić information content (AvgIpc) is 2.35. The van der Waals surface area contributed by atoms with Crippen molar-refractivity contribution in [3.63, 3.8) is 0 Å². The highest BCUT2D eigenvalue weighted by Gasteiger charge is 2.21. The molecule has 1 aromatic rings. The van der Waals surface area contributed by atoms with E-state index in [0.717, 1.165) is 0 Å². The normalized spacial score (nSPS) is 13.9. The minimum atomic E-state index is -0.891. The van der Waals surface area contributed by atoms with Gasteiger partial charge < -0.3 is 26.0 Å². The van der Waals surface area contributed by atoms with Crippen molar-refractivity contribution in [3.05, 3.63) is 23.8 Å². The van der Waals surface area contributed by atoms with Crippen molar-refractivity contribution in [2.75, 3.05) is 52.3 Å². The Morgan fingerprint density at radius 2 is 1.95 bits per heavy atom. The van der Waals surface area contributed by atoms with Gasteiger partial charge in [-0.2, -0.15) is 0 Å². The molecule has 0 fully saturated rings. The van der Waals surface area contributed by atoms with E-state index in [1.807, 2.05) is 19.0 Å². The maximum atomic E-state index is 12.0. The Morgan fingerprint density at radius 1 is 1.33 bits per heavy atom. The van der Waals surface area contributed by atoms with E-state index in [1.165, 1.54) is 4.90 Å². The van der Waals surface area contributed by atoms with Crippen molar-refractivity contribution in [2.45, 2.75) is 12.5 Å². The lowest BCUT2D eigenvalue weighted by atomic mass is 10.1. The summed E-state index contributed by atoms with van der Waals surface area (Å²) >= 11 is 0. The van der Waals surface area contributed by atoms with E-state index in [-0.39, 0.29) is 5.91 Å². The van der Waals surface area contributed by atoms with Gasteiger partial charge in [0.25, 0.3) is 5.91 Å². The van der Waals surface area contributed by atoms with Crippen LogP contribution in [0.25, 0.3) is 0 Å². The molecule has 0 heterocycles. The molecule has 0 aromatic heterocycles. The van der Waals surface area contributed by atoms with E-state index >= 15 is 0 Å². The van der Waals surface area contributed by atoms with E-state index in [4.69, 9.17) is 5.73 Å². The van der Waals surface area contributed by atoms with Gasteiger partial charge in [0.1, 0.15) is 0 Å². The summed E-state index contributed by atoms with van der Waals surface area (Å²) in [5.41, 5.74) is 6.79. The summed E-state index contributed by atoms with van der Waals surface area (Å²) in [5, 5.41) is 13.4. The topological polar surface area (TPSA) is 81.8 Å². The summed E-state index contributed by atoms with van der Waals surface area (Å²) in [5.74, 6) is -0.0851. The lowest BCUT2D eigenvalue weighted by Gasteiger charge is -2.28. The van der Waals surface area contributed by atoms with E-state index in [9.17, 15) is 9.90 Å². The highest BCUT2D eigenvalue weighted by molar-refractivity contribution is 5.95. The highest BCUT2D eigenvalue weighted by Crippen LogP contribution is 2.21. The van der Waals surface area contributed by atoms with Gasteiger partial charge in [-0.15, -0.1) is 0 Å². The summed E-state index contributed by atoms with van der Waals surface area (Å²) in [6.45, 7) is 2.62. The highest BCUT2D eigenvalue weighted by atomic mass is 16.3. The summed E-state index contributed by atoms with van der Waals surface area (Å²) in [7, 11) is 7.21. The van der Waals surface area contributed by atoms with Crippen LogP contribution >= 0.6 is 0 Å². The van der Waals surface area contributed by atoms with Crippen LogP contribution in [0.2, 0.25) is 0 Å². The molecule has 0 saturated heterocycles. The first-order valence-electron chi connectivity index (χ1n) is 6.84. The number of benzene rings is 1. The number of carbonyl (C=O) groups excluding carboxylic acids is 1. The smallest absolute Gasteiger partial charge is 0.253 e. The molecule has 1 rings (SSSR count). The van der Waals surface area contributed by atoms with E-state index in [2.05, 4.69) is 5.32 Å². The summed E-state index contributed by atoms with van der Waals surface area (Å²) < 4.78 is 0. The Balaban J connectivity index is 2.84. The molecule has 0 spiro atoms. The number of carbonyl (C=O) groups is 1. The van der Waals surface area contributed by atoms with Crippen LogP contribution in [0.4, 0.5) is 11.4 Å². The van der Waals surface area contributed by atoms with Crippen molar-refractivity contribution in [1.82, 2.24) is 9.80 Å². The minimum Gasteiger partial charge on any atom is -0.397 e. The van der Waals surface area contributed by atoms with Gasteiger partial charge in [0.15, 0.2) is 0 Å². The summed E-state index contributed by atoms with van der Waals surface area (Å²) in [6.07, 6.45) is 0. The van der Waals surface area contributed by atoms with Crippen molar-refractivity contribution in [1.29, 1.82) is 0 Å². The Hall–Kier alpha value is -1.79. The van der Waals surface area contributed by atoms with Gasteiger partial charge in [-0.3, -0.25) is 4.79 Å². The average molecular weight is 294 g/mol. The number of hydrogen-bond acceptors (Lipinski definition) is 5. The molecule has 4 N–H and O–H groups in total. The number of anilines is 2. The Kier molecular flexibility index (Phi) is 5.57. The first-order chi connectivity index (χ1) is 9.62. The maximum Gasteiger partial charge on any atom is 0.253 e. The number of amides is 1. The molecule has 0 saturated carbocycles. The van der Waals surface area contributed by atoms with Gasteiger partial charge in [0.05, 0.1) is 17.0 Å². The monoisotopic (exact) mass is 294 g/mol. The fraction of sp³-hybridized carbons (Fsp3) is 0.533. The van der Waals surface area contributed by atoms with Gasteiger partial charge >= 0.3 is 0 Å². The molecular formula is C15H26N4O2. The van der Waals surface area contributed by atoms with E-state index in [1.54, 1.807) is 39.2 Å². The molecule has 6 heteroatoms. The maximum absolute atomic E-state index is 12.0. The number of nitrogens with one attached hydrogen (secondary N) is 1. The second kappa shape index (κ2) is 6.78. The third kappa shape index (κ3) is 5.24. The van der Waals surface area contributed by atoms with Crippen LogP contribution in [0.15, 0.2) is 18.2 Å². The molecule has 0 aliphatic heterocycles. The van der Waals surface area contributed by atoms with Gasteiger partial charge in [0, 0.05) is 32.7 Å². The molecule has 21 heavy (non-hydrogen) atoms. The second-order valence-electron chi connectivity index (χ2n) is 6.09. The van der Waals surface area contributed by atoms with Gasteiger partial charge in [-0.25, -0.2) is 0 Å². The summed E-state index contributed by atoms with van der Waals surface area (Å²) in [4.78, 5) is 15.4. The van der Waals surface area contributed by atoms with Crippen LogP contribution in [-0.4, -0.2) is 67.7 Å². The molecular weight excluding hydrogens is 268 g/mol. The molecule has 0 radical (unpaired) electrons. The van der Waals surface area contributed by atoms with Crippen LogP contribution in [0, 0.1) is 0 Å². The molecule has 6 nitrogen and oxygen atoms in total. The number of nitrogen functional groups attached to an aromatic ring is 1. The molecule has 118 valence electrons. The van der Waals surface area contributed by atoms with Gasteiger partial charge in [-0.05, 0) is 39.2 Å². The fourth-order valence-electron chi connectivity index (χ4n) is 2.12. The lowest BCUT2D eigenvalue weighted by molar-refractivity contribution is 0.0460. The number of rotatable bonds is 6. The third-order valence-electron chi connectivity index (χ3n) is 3.02. The number of aliphatic hydroxyl groups is 1. The van der Waals surface area contributed by atoms with Crippen LogP contribution in [0.1, 0.15) is 17.3 Å². The number of likely N-dealkylation sites (N-methyl/N-ethyl adjacent to an activating group) is 1. The van der Waals surface area contributed by atoms with Crippen LogP contribution in [0.5, 0.6) is 0 Å². The standard InChI is InChI=1S/C15H26N4O2/c1-15(21,10-18(2)3)9-17-13-8-11(6-7-12(13)16)14(20)19(4)5/h6-8,17,21H,9-10,16H2,1-5H3. The van der Waals surface area contributed by atoms with Crippen LogP contribution in [-0.2, 0) is 0 Å². The number of nitrogens with two attached hydrogens (primary N) is 1. The SMILES string of the molecule is CN(C)CC(C)(O)CNc1cc(C(=O)N(C)C)ccc1N. The Morgan fingerprint density at radius 3 is 2.48 bits per heavy atom. The zero-order valence-corrected chi connectivity index (χ0v) is 13.5. The zero-order chi connectivity index (χ0) is 16.2. The fourth-order valence-corrected chi connectivity index (χ4v) is 2.12. The van der Waals surface area contributed by atoms with Crippen molar-refractivity contribution in [3.8, 4) is 0 Å². The molecule has 1 atom stereocenters. The van der Waals surface area contributed by atoms with Gasteiger partial charge in [-0.1, -0.05) is 0 Å². The Labute approximate surface area is 126 Å². The van der Waals surface area contributed by atoms with E-state index in [0.29, 0.717) is 30.0 Å². The largest absolute Gasteiger partial charge is 0.397 e. The third-order valence-corrected chi connectivity index (χ3v) is 3.02. The predicted octanol–water partition coefficient (Wildman–Crippen LogP) is 0.695. The quantitative estimate of drug-likeness (QED) is 0.673. The first kappa shape index (κ1) is 17.3. The van der Waals surface area contributed by atoms with Crippen LogP contribution in [0.3, 0.4) is 0 Å². The number of hydrogen-bond donors (Lipinski definition) is 3.